The second-order valence-corrected chi connectivity index (χ2v) is 14.8. The zero-order valence-electron chi connectivity index (χ0n) is 29.9. The van der Waals surface area contributed by atoms with E-state index in [1.54, 1.807) is 4.90 Å². The highest BCUT2D eigenvalue weighted by Gasteiger charge is 2.26. The van der Waals surface area contributed by atoms with Crippen LogP contribution in [0.1, 0.15) is 65.5 Å². The van der Waals surface area contributed by atoms with Crippen LogP contribution in [0.5, 0.6) is 0 Å². The number of ether oxygens (including phenoxy) is 2. The van der Waals surface area contributed by atoms with Gasteiger partial charge in [0.2, 0.25) is 5.91 Å². The molecule has 1 heterocycles. The predicted molar refractivity (Wildman–Crippen MR) is 187 cm³/mol. The van der Waals surface area contributed by atoms with Gasteiger partial charge in [0, 0.05) is 65.2 Å². The number of rotatable bonds is 10. The molecule has 1 aliphatic rings. The lowest BCUT2D eigenvalue weighted by Gasteiger charge is -2.34. The maximum Gasteiger partial charge on any atom is 0.410 e. The van der Waals surface area contributed by atoms with Gasteiger partial charge in [-0.2, -0.15) is 0 Å². The monoisotopic (exact) mass is 664 g/mol. The van der Waals surface area contributed by atoms with Crippen molar-refractivity contribution >= 4 is 23.8 Å². The maximum absolute atomic E-state index is 13.6. The molecule has 0 atom stereocenters. The normalized spacial score (nSPS) is 16.0. The van der Waals surface area contributed by atoms with Crippen molar-refractivity contribution in [3.63, 3.8) is 0 Å². The molecule has 0 bridgehead atoms. The molecule has 10 heteroatoms. The van der Waals surface area contributed by atoms with E-state index in [0.29, 0.717) is 71.6 Å². The van der Waals surface area contributed by atoms with Crippen LogP contribution < -0.4 is 0 Å². The smallest absolute Gasteiger partial charge is 0.410 e. The summed E-state index contributed by atoms with van der Waals surface area (Å²) in [4.78, 5) is 60.5. The fourth-order valence-corrected chi connectivity index (χ4v) is 5.56. The van der Waals surface area contributed by atoms with Crippen molar-refractivity contribution in [2.24, 2.45) is 5.41 Å². The minimum atomic E-state index is -0.635. The van der Waals surface area contributed by atoms with E-state index in [4.69, 9.17) is 9.47 Å². The number of carbonyl (C=O) groups excluding carboxylic acids is 4. The number of benzene rings is 2. The zero-order valence-corrected chi connectivity index (χ0v) is 29.9. The summed E-state index contributed by atoms with van der Waals surface area (Å²) in [6.07, 6.45) is 0.976. The Morgan fingerprint density at radius 2 is 1.15 bits per heavy atom. The van der Waals surface area contributed by atoms with Crippen LogP contribution in [0.3, 0.4) is 0 Å². The predicted octanol–water partition coefficient (Wildman–Crippen LogP) is 5.05. The Labute approximate surface area is 287 Å². The molecule has 2 aromatic rings. The molecule has 0 aliphatic carbocycles. The van der Waals surface area contributed by atoms with Crippen molar-refractivity contribution in [1.29, 1.82) is 0 Å². The van der Waals surface area contributed by atoms with Gasteiger partial charge in [-0.15, -0.1) is 0 Å². The first-order chi connectivity index (χ1) is 22.7. The molecule has 48 heavy (non-hydrogen) atoms. The van der Waals surface area contributed by atoms with E-state index < -0.39 is 11.7 Å². The number of hydrogen-bond donors (Lipinski definition) is 0. The Morgan fingerprint density at radius 3 is 1.67 bits per heavy atom. The Bertz CT molecular complexity index is 1190. The number of aryl methyl sites for hydroxylation is 1. The van der Waals surface area contributed by atoms with Gasteiger partial charge in [-0.1, -0.05) is 81.4 Å². The van der Waals surface area contributed by atoms with Gasteiger partial charge in [0.25, 0.3) is 0 Å². The minimum Gasteiger partial charge on any atom is -0.459 e. The Hall–Kier alpha value is -3.76. The summed E-state index contributed by atoms with van der Waals surface area (Å²) in [5.41, 5.74) is 1.21. The number of amides is 2. The van der Waals surface area contributed by atoms with Gasteiger partial charge in [-0.3, -0.25) is 24.2 Å². The average molecular weight is 665 g/mol. The lowest BCUT2D eigenvalue weighted by molar-refractivity contribution is -0.156. The molecule has 264 valence electrons. The van der Waals surface area contributed by atoms with Gasteiger partial charge in [-0.05, 0) is 43.7 Å². The molecular weight excluding hydrogens is 608 g/mol. The zero-order chi connectivity index (χ0) is 35.2. The molecule has 1 aliphatic heterocycles. The van der Waals surface area contributed by atoms with E-state index in [2.05, 4.69) is 0 Å². The fraction of sp³-hybridized carbons (Fsp3) is 0.579. The first-order valence-electron chi connectivity index (χ1n) is 17.1. The topological polar surface area (TPSA) is 99.7 Å². The summed E-state index contributed by atoms with van der Waals surface area (Å²) in [5.74, 6) is -0.211. The van der Waals surface area contributed by atoms with E-state index in [1.165, 1.54) is 0 Å². The molecule has 2 amide bonds. The van der Waals surface area contributed by atoms with E-state index in [-0.39, 0.29) is 42.8 Å². The van der Waals surface area contributed by atoms with Crippen molar-refractivity contribution in [3.8, 4) is 0 Å². The van der Waals surface area contributed by atoms with Crippen LogP contribution in [0, 0.1) is 5.41 Å². The largest absolute Gasteiger partial charge is 0.459 e. The second-order valence-electron chi connectivity index (χ2n) is 14.8. The van der Waals surface area contributed by atoms with Gasteiger partial charge >= 0.3 is 12.1 Å². The number of Topliss-reactive ketones (excluding diaryl/α,β-unsaturated/α-hetero) is 1. The highest BCUT2D eigenvalue weighted by molar-refractivity contribution is 5.81. The van der Waals surface area contributed by atoms with Crippen molar-refractivity contribution in [2.75, 3.05) is 65.4 Å². The molecule has 0 N–H and O–H groups in total. The molecule has 2 aromatic carbocycles. The molecule has 0 aromatic heterocycles. The second kappa shape index (κ2) is 18.7. The lowest BCUT2D eigenvalue weighted by atomic mass is 9.90. The third-order valence-electron chi connectivity index (χ3n) is 7.93. The number of hydrogen-bond acceptors (Lipinski definition) is 8. The lowest BCUT2D eigenvalue weighted by Crippen LogP contribution is -2.50. The average Bonchev–Trinajstić information content (AvgIpc) is 3.00. The molecule has 0 saturated carbocycles. The summed E-state index contributed by atoms with van der Waals surface area (Å²) in [6, 6.07) is 19.5. The van der Waals surface area contributed by atoms with Crippen LogP contribution in [0.4, 0.5) is 4.79 Å². The van der Waals surface area contributed by atoms with Gasteiger partial charge in [0.15, 0.2) is 0 Å². The summed E-state index contributed by atoms with van der Waals surface area (Å²) < 4.78 is 11.3. The molecule has 0 radical (unpaired) electrons. The van der Waals surface area contributed by atoms with Crippen molar-refractivity contribution in [3.05, 3.63) is 71.8 Å². The molecule has 1 fully saturated rings. The number of carbonyl (C=O) groups is 4. The molecular formula is C38H56N4O6. The van der Waals surface area contributed by atoms with Crippen LogP contribution in [-0.2, 0) is 36.9 Å². The van der Waals surface area contributed by atoms with Crippen molar-refractivity contribution in [1.82, 2.24) is 19.6 Å². The SMILES string of the molecule is CC(C)(C)CC(=O)CN1CCN(C(=O)CCc2ccccc2)CCN(CC(=O)OC(C)(C)C)CCN(C(=O)OCc2ccccc2)CC1. The minimum absolute atomic E-state index is 0.0280. The third kappa shape index (κ3) is 15.4. The highest BCUT2D eigenvalue weighted by atomic mass is 16.6. The number of ketones is 1. The Balaban J connectivity index is 1.80. The van der Waals surface area contributed by atoms with Crippen LogP contribution in [0.15, 0.2) is 60.7 Å². The highest BCUT2D eigenvalue weighted by Crippen LogP contribution is 2.19. The van der Waals surface area contributed by atoms with Crippen molar-refractivity contribution < 1.29 is 28.7 Å². The molecule has 10 nitrogen and oxygen atoms in total. The molecule has 0 unspecified atom stereocenters. The first kappa shape index (κ1) is 38.7. The van der Waals surface area contributed by atoms with E-state index in [1.807, 2.05) is 117 Å². The fourth-order valence-electron chi connectivity index (χ4n) is 5.56. The molecule has 3 rings (SSSR count). The number of nitrogens with zero attached hydrogens (tertiary/aromatic N) is 4. The van der Waals surface area contributed by atoms with Crippen molar-refractivity contribution in [2.45, 2.75) is 73.0 Å². The first-order valence-corrected chi connectivity index (χ1v) is 17.1. The quantitative estimate of drug-likeness (QED) is 0.326. The Kier molecular flexibility index (Phi) is 15.1. The van der Waals surface area contributed by atoms with Gasteiger partial charge < -0.3 is 19.3 Å². The van der Waals surface area contributed by atoms with Gasteiger partial charge in [-0.25, -0.2) is 4.79 Å². The van der Waals surface area contributed by atoms with E-state index in [9.17, 15) is 19.2 Å². The summed E-state index contributed by atoms with van der Waals surface area (Å²) in [6.45, 7) is 15.2. The van der Waals surface area contributed by atoms with Crippen LogP contribution in [0.25, 0.3) is 0 Å². The summed E-state index contributed by atoms with van der Waals surface area (Å²) >= 11 is 0. The van der Waals surface area contributed by atoms with Crippen LogP contribution in [-0.4, -0.2) is 114 Å². The number of esters is 1. The van der Waals surface area contributed by atoms with Gasteiger partial charge in [0.1, 0.15) is 18.0 Å². The van der Waals surface area contributed by atoms with Gasteiger partial charge in [0.05, 0.1) is 13.1 Å². The summed E-state index contributed by atoms with van der Waals surface area (Å²) in [5, 5.41) is 0. The van der Waals surface area contributed by atoms with Crippen LogP contribution >= 0.6 is 0 Å². The van der Waals surface area contributed by atoms with Crippen LogP contribution in [0.2, 0.25) is 0 Å². The molecule has 0 spiro atoms. The van der Waals surface area contributed by atoms with E-state index >= 15 is 0 Å². The summed E-state index contributed by atoms with van der Waals surface area (Å²) in [7, 11) is 0. The molecule has 1 saturated heterocycles. The standard InChI is InChI=1S/C38H56N4O6/c1-37(2,3)27-33(43)28-39-19-23-41(34(44)18-17-31-13-9-7-10-14-31)24-20-40(29-35(45)48-38(4,5)6)22-26-42(25-21-39)36(46)47-30-32-15-11-8-12-16-32/h7-16H,17-30H2,1-6H3. The maximum atomic E-state index is 13.6. The third-order valence-corrected chi connectivity index (χ3v) is 7.93. The van der Waals surface area contributed by atoms with E-state index in [0.717, 1.165) is 11.1 Å². The Morgan fingerprint density at radius 1 is 0.646 bits per heavy atom.